The second kappa shape index (κ2) is 15.1. The summed E-state index contributed by atoms with van der Waals surface area (Å²) in [6.45, 7) is 1.16. The molecule has 1 heterocycles. The third kappa shape index (κ3) is 9.00. The van der Waals surface area contributed by atoms with E-state index < -0.39 is 16.1 Å². The van der Waals surface area contributed by atoms with Gasteiger partial charge < -0.3 is 19.7 Å². The molecule has 1 aliphatic heterocycles. The maximum Gasteiger partial charge on any atom is 0.243 e. The average molecular weight is 699 g/mol. The van der Waals surface area contributed by atoms with Crippen LogP contribution in [0, 0.1) is 0 Å². The minimum Gasteiger partial charge on any atom is -0.486 e. The van der Waals surface area contributed by atoms with E-state index in [4.69, 9.17) is 9.47 Å². The van der Waals surface area contributed by atoms with E-state index in [9.17, 15) is 18.0 Å². The SMILES string of the molecule is CS(=O)(=O)N(CCCC(=O)N(Cc1ccc(Br)cc1)C(Cc1ccccc1)C(=O)NC1CCCC1)c1ccc2c(c1)OCCO2. The highest BCUT2D eigenvalue weighted by Gasteiger charge is 2.32. The number of ether oxygens (including phenoxy) is 2. The van der Waals surface area contributed by atoms with E-state index in [1.807, 2.05) is 54.6 Å². The Hall–Kier alpha value is -3.57. The summed E-state index contributed by atoms with van der Waals surface area (Å²) in [5, 5.41) is 3.22. The molecule has 0 aromatic heterocycles. The molecule has 2 amide bonds. The Morgan fingerprint density at radius 3 is 2.31 bits per heavy atom. The van der Waals surface area contributed by atoms with Crippen LogP contribution >= 0.6 is 15.9 Å². The number of fused-ring (bicyclic) bond motifs is 1. The zero-order valence-electron chi connectivity index (χ0n) is 25.5. The first-order valence-corrected chi connectivity index (χ1v) is 18.1. The zero-order valence-corrected chi connectivity index (χ0v) is 27.9. The first-order valence-electron chi connectivity index (χ1n) is 15.4. The molecule has 1 unspecified atom stereocenters. The van der Waals surface area contributed by atoms with Crippen molar-refractivity contribution in [2.45, 2.75) is 63.6 Å². The molecule has 45 heavy (non-hydrogen) atoms. The highest BCUT2D eigenvalue weighted by Crippen LogP contribution is 2.35. The Morgan fingerprint density at radius 2 is 1.62 bits per heavy atom. The van der Waals surface area contributed by atoms with Gasteiger partial charge in [-0.05, 0) is 54.7 Å². The van der Waals surface area contributed by atoms with E-state index >= 15 is 0 Å². The molecule has 5 rings (SSSR count). The Bertz CT molecular complexity index is 1560. The molecule has 240 valence electrons. The fourth-order valence-corrected chi connectivity index (χ4v) is 7.12. The van der Waals surface area contributed by atoms with E-state index in [1.165, 1.54) is 4.31 Å². The van der Waals surface area contributed by atoms with Crippen LogP contribution in [0.4, 0.5) is 5.69 Å². The molecule has 1 atom stereocenters. The fraction of sp³-hybridized carbons (Fsp3) is 0.412. The number of carbonyl (C=O) groups excluding carboxylic acids is 2. The van der Waals surface area contributed by atoms with Crippen LogP contribution in [0.3, 0.4) is 0 Å². The van der Waals surface area contributed by atoms with Crippen LogP contribution in [-0.4, -0.2) is 63.2 Å². The predicted octanol–water partition coefficient (Wildman–Crippen LogP) is 5.47. The van der Waals surface area contributed by atoms with Crippen molar-refractivity contribution in [1.29, 1.82) is 0 Å². The van der Waals surface area contributed by atoms with Crippen molar-refractivity contribution in [1.82, 2.24) is 10.2 Å². The number of halogens is 1. The number of sulfonamides is 1. The number of rotatable bonds is 13. The van der Waals surface area contributed by atoms with Crippen LogP contribution in [0.15, 0.2) is 77.3 Å². The van der Waals surface area contributed by atoms with Gasteiger partial charge in [-0.25, -0.2) is 8.42 Å². The molecule has 9 nitrogen and oxygen atoms in total. The number of hydrogen-bond acceptors (Lipinski definition) is 6. The minimum absolute atomic E-state index is 0.0646. The highest BCUT2D eigenvalue weighted by molar-refractivity contribution is 9.10. The summed E-state index contributed by atoms with van der Waals surface area (Å²) in [5.41, 5.74) is 2.30. The van der Waals surface area contributed by atoms with Crippen LogP contribution < -0.4 is 19.1 Å². The maximum atomic E-state index is 14.1. The van der Waals surface area contributed by atoms with Gasteiger partial charge in [0.1, 0.15) is 19.3 Å². The summed E-state index contributed by atoms with van der Waals surface area (Å²) in [6.07, 6.45) is 5.88. The summed E-state index contributed by atoms with van der Waals surface area (Å²) >= 11 is 3.48. The molecule has 1 aliphatic carbocycles. The average Bonchev–Trinajstić information content (AvgIpc) is 3.54. The first-order chi connectivity index (χ1) is 21.7. The number of nitrogens with zero attached hydrogens (tertiary/aromatic N) is 2. The lowest BCUT2D eigenvalue weighted by Crippen LogP contribution is -2.52. The number of hydrogen-bond donors (Lipinski definition) is 1. The molecule has 2 aliphatic rings. The van der Waals surface area contributed by atoms with Gasteiger partial charge in [0, 0.05) is 42.5 Å². The molecule has 0 spiro atoms. The molecule has 3 aromatic carbocycles. The Balaban J connectivity index is 1.37. The van der Waals surface area contributed by atoms with Gasteiger partial charge in [-0.2, -0.15) is 0 Å². The molecule has 1 N–H and O–H groups in total. The topological polar surface area (TPSA) is 105 Å². The van der Waals surface area contributed by atoms with Crippen molar-refractivity contribution in [3.05, 3.63) is 88.4 Å². The van der Waals surface area contributed by atoms with Crippen molar-refractivity contribution in [2.24, 2.45) is 0 Å². The fourth-order valence-electron chi connectivity index (χ4n) is 5.90. The van der Waals surface area contributed by atoms with E-state index in [2.05, 4.69) is 21.2 Å². The minimum atomic E-state index is -3.66. The largest absolute Gasteiger partial charge is 0.486 e. The molecular weight excluding hydrogens is 658 g/mol. The van der Waals surface area contributed by atoms with Crippen LogP contribution in [0.2, 0.25) is 0 Å². The van der Waals surface area contributed by atoms with Crippen molar-refractivity contribution in [3.63, 3.8) is 0 Å². The molecule has 3 aromatic rings. The molecule has 0 bridgehead atoms. The molecule has 0 radical (unpaired) electrons. The van der Waals surface area contributed by atoms with E-state index in [0.717, 1.165) is 47.5 Å². The molecule has 11 heteroatoms. The van der Waals surface area contributed by atoms with Gasteiger partial charge in [-0.15, -0.1) is 0 Å². The van der Waals surface area contributed by atoms with E-state index in [1.54, 1.807) is 23.1 Å². The van der Waals surface area contributed by atoms with Gasteiger partial charge >= 0.3 is 0 Å². The predicted molar refractivity (Wildman–Crippen MR) is 178 cm³/mol. The zero-order chi connectivity index (χ0) is 31.8. The number of anilines is 1. The standard InChI is InChI=1S/C34H40BrN3O6S/c1-45(41,42)38(29-17-18-31-32(23-29)44-21-20-43-31)19-7-12-33(39)37(24-26-13-15-27(35)16-14-26)30(22-25-8-3-2-4-9-25)34(40)36-28-10-5-6-11-28/h2-4,8-9,13-18,23,28,30H,5-7,10-12,19-22,24H2,1H3,(H,36,40). The van der Waals surface area contributed by atoms with Crippen molar-refractivity contribution >= 4 is 43.5 Å². The lowest BCUT2D eigenvalue weighted by atomic mass is 10.0. The molecule has 1 fully saturated rings. The monoisotopic (exact) mass is 697 g/mol. The van der Waals surface area contributed by atoms with E-state index in [-0.39, 0.29) is 43.8 Å². The van der Waals surface area contributed by atoms with Crippen LogP contribution in [0.25, 0.3) is 0 Å². The number of nitrogens with one attached hydrogen (secondary N) is 1. The second-order valence-corrected chi connectivity index (χ2v) is 14.4. The maximum absolute atomic E-state index is 14.1. The summed E-state index contributed by atoms with van der Waals surface area (Å²) in [6, 6.07) is 21.8. The third-order valence-corrected chi connectivity index (χ3v) is 9.93. The lowest BCUT2D eigenvalue weighted by molar-refractivity contribution is -0.141. The van der Waals surface area contributed by atoms with Gasteiger partial charge in [0.15, 0.2) is 11.5 Å². The Morgan fingerprint density at radius 1 is 0.933 bits per heavy atom. The van der Waals surface area contributed by atoms with Gasteiger partial charge in [-0.3, -0.25) is 13.9 Å². The number of amides is 2. The Labute approximate surface area is 274 Å². The van der Waals surface area contributed by atoms with Gasteiger partial charge in [0.05, 0.1) is 11.9 Å². The van der Waals surface area contributed by atoms with Gasteiger partial charge in [0.2, 0.25) is 21.8 Å². The first kappa shape index (κ1) is 32.8. The smallest absolute Gasteiger partial charge is 0.243 e. The quantitative estimate of drug-likeness (QED) is 0.254. The second-order valence-electron chi connectivity index (χ2n) is 11.6. The Kier molecular flexibility index (Phi) is 11.0. The van der Waals surface area contributed by atoms with Crippen molar-refractivity contribution < 1.29 is 27.5 Å². The van der Waals surface area contributed by atoms with Crippen molar-refractivity contribution in [3.8, 4) is 11.5 Å². The molecule has 1 saturated carbocycles. The van der Waals surface area contributed by atoms with Crippen LogP contribution in [0.5, 0.6) is 11.5 Å². The summed E-state index contributed by atoms with van der Waals surface area (Å²) in [7, 11) is -3.66. The summed E-state index contributed by atoms with van der Waals surface area (Å²) in [5.74, 6) is 0.681. The number of carbonyl (C=O) groups is 2. The molecule has 0 saturated heterocycles. The van der Waals surface area contributed by atoms with E-state index in [0.29, 0.717) is 36.8 Å². The summed E-state index contributed by atoms with van der Waals surface area (Å²) < 4.78 is 39.1. The third-order valence-electron chi connectivity index (χ3n) is 8.20. The normalized spacial score (nSPS) is 15.3. The van der Waals surface area contributed by atoms with Crippen LogP contribution in [0.1, 0.15) is 49.7 Å². The number of benzene rings is 3. The lowest BCUT2D eigenvalue weighted by Gasteiger charge is -2.33. The van der Waals surface area contributed by atoms with Gasteiger partial charge in [-0.1, -0.05) is 71.2 Å². The highest BCUT2D eigenvalue weighted by atomic mass is 79.9. The van der Waals surface area contributed by atoms with Gasteiger partial charge in [0.25, 0.3) is 0 Å². The van der Waals surface area contributed by atoms with Crippen molar-refractivity contribution in [2.75, 3.05) is 30.3 Å². The molecular formula is C34H40BrN3O6S. The summed E-state index contributed by atoms with van der Waals surface area (Å²) in [4.78, 5) is 29.6. The van der Waals surface area contributed by atoms with Crippen LogP contribution in [-0.2, 0) is 32.6 Å².